The third kappa shape index (κ3) is 3.25. The third-order valence-electron chi connectivity index (χ3n) is 4.04. The molecule has 0 aliphatic carbocycles. The number of piperidine rings is 1. The van der Waals surface area contributed by atoms with E-state index in [2.05, 4.69) is 15.6 Å². The van der Waals surface area contributed by atoms with Gasteiger partial charge in [-0.05, 0) is 25.3 Å². The van der Waals surface area contributed by atoms with Crippen LogP contribution in [0.4, 0.5) is 0 Å². The maximum Gasteiger partial charge on any atom is 0.224 e. The second-order valence-electron chi connectivity index (χ2n) is 5.15. The normalized spacial score (nSPS) is 25.8. The summed E-state index contributed by atoms with van der Waals surface area (Å²) < 4.78 is 1.71. The second kappa shape index (κ2) is 6.34. The number of aryl methyl sites for hydroxylation is 1. The maximum atomic E-state index is 12.1. The lowest BCUT2D eigenvalue weighted by molar-refractivity contribution is -0.133. The number of aromatic nitrogens is 3. The maximum absolute atomic E-state index is 12.1. The van der Waals surface area contributed by atoms with Crippen LogP contribution in [0.15, 0.2) is 12.4 Å². The molecule has 3 rings (SSSR count). The molecule has 0 radical (unpaired) electrons. The molecular formula is C12H20ClN5O. The van der Waals surface area contributed by atoms with Gasteiger partial charge in [-0.1, -0.05) is 5.21 Å². The van der Waals surface area contributed by atoms with Crippen molar-refractivity contribution in [3.63, 3.8) is 0 Å². The fourth-order valence-electron chi connectivity index (χ4n) is 2.99. The highest BCUT2D eigenvalue weighted by Gasteiger charge is 2.33. The van der Waals surface area contributed by atoms with Crippen LogP contribution in [0.1, 0.15) is 19.3 Å². The first-order chi connectivity index (χ1) is 8.83. The number of nitrogens with zero attached hydrogens (tertiary/aromatic N) is 4. The standard InChI is InChI=1S/C12H19N5O.ClH/c18-12(3-7-17-8-5-14-15-17)16-6-2-11-10(9-16)1-4-13-11;/h5,8,10-11,13H,1-4,6-7,9H2;1H. The highest BCUT2D eigenvalue weighted by molar-refractivity contribution is 5.85. The Morgan fingerprint density at radius 3 is 3.11 bits per heavy atom. The van der Waals surface area contributed by atoms with Gasteiger partial charge in [-0.3, -0.25) is 9.48 Å². The zero-order valence-electron chi connectivity index (χ0n) is 10.9. The van der Waals surface area contributed by atoms with Crippen molar-refractivity contribution >= 4 is 18.3 Å². The fourth-order valence-corrected chi connectivity index (χ4v) is 2.99. The van der Waals surface area contributed by atoms with Crippen LogP contribution in [0, 0.1) is 5.92 Å². The van der Waals surface area contributed by atoms with E-state index in [1.54, 1.807) is 17.1 Å². The van der Waals surface area contributed by atoms with E-state index in [0.717, 1.165) is 26.1 Å². The Labute approximate surface area is 118 Å². The van der Waals surface area contributed by atoms with Crippen molar-refractivity contribution < 1.29 is 4.79 Å². The van der Waals surface area contributed by atoms with Gasteiger partial charge >= 0.3 is 0 Å². The molecule has 3 heterocycles. The molecule has 1 aromatic heterocycles. The Morgan fingerprint density at radius 1 is 1.42 bits per heavy atom. The SMILES string of the molecule is Cl.O=C(CCn1ccnn1)N1CCC2NCCC2C1. The first kappa shape index (κ1) is 14.3. The highest BCUT2D eigenvalue weighted by Crippen LogP contribution is 2.24. The van der Waals surface area contributed by atoms with E-state index in [1.807, 2.05) is 4.90 Å². The number of amides is 1. The van der Waals surface area contributed by atoms with Gasteiger partial charge in [0.05, 0.1) is 12.7 Å². The van der Waals surface area contributed by atoms with Crippen LogP contribution in [-0.2, 0) is 11.3 Å². The van der Waals surface area contributed by atoms with Crippen LogP contribution < -0.4 is 5.32 Å². The second-order valence-corrected chi connectivity index (χ2v) is 5.15. The van der Waals surface area contributed by atoms with Gasteiger partial charge in [0.1, 0.15) is 0 Å². The van der Waals surface area contributed by atoms with Gasteiger partial charge in [-0.15, -0.1) is 17.5 Å². The lowest BCUT2D eigenvalue weighted by atomic mass is 9.93. The molecular weight excluding hydrogens is 266 g/mol. The predicted molar refractivity (Wildman–Crippen MR) is 73.0 cm³/mol. The number of nitrogens with one attached hydrogen (secondary N) is 1. The van der Waals surface area contributed by atoms with Gasteiger partial charge in [-0.25, -0.2) is 0 Å². The molecule has 2 saturated heterocycles. The molecule has 2 fully saturated rings. The molecule has 2 unspecified atom stereocenters. The van der Waals surface area contributed by atoms with Gasteiger partial charge in [0.15, 0.2) is 0 Å². The number of hydrogen-bond donors (Lipinski definition) is 1. The quantitative estimate of drug-likeness (QED) is 0.868. The Kier molecular flexibility index (Phi) is 4.76. The summed E-state index contributed by atoms with van der Waals surface area (Å²) in [5, 5.41) is 11.1. The predicted octanol–water partition coefficient (Wildman–Crippen LogP) is 0.300. The molecule has 0 spiro atoms. The van der Waals surface area contributed by atoms with E-state index in [9.17, 15) is 4.79 Å². The molecule has 106 valence electrons. The minimum Gasteiger partial charge on any atom is -0.342 e. The van der Waals surface area contributed by atoms with E-state index in [4.69, 9.17) is 0 Å². The third-order valence-corrected chi connectivity index (χ3v) is 4.04. The molecule has 1 aromatic rings. The summed E-state index contributed by atoms with van der Waals surface area (Å²) in [4.78, 5) is 14.1. The van der Waals surface area contributed by atoms with Gasteiger partial charge in [0, 0.05) is 31.7 Å². The summed E-state index contributed by atoms with van der Waals surface area (Å²) in [7, 11) is 0. The topological polar surface area (TPSA) is 63.1 Å². The number of fused-ring (bicyclic) bond motifs is 1. The fraction of sp³-hybridized carbons (Fsp3) is 0.750. The first-order valence-electron chi connectivity index (χ1n) is 6.68. The lowest BCUT2D eigenvalue weighted by Crippen LogP contribution is -2.47. The zero-order chi connectivity index (χ0) is 12.4. The van der Waals surface area contributed by atoms with E-state index >= 15 is 0 Å². The number of likely N-dealkylation sites (tertiary alicyclic amines) is 1. The number of carbonyl (C=O) groups is 1. The van der Waals surface area contributed by atoms with Crippen LogP contribution in [0.5, 0.6) is 0 Å². The van der Waals surface area contributed by atoms with Crippen LogP contribution in [0.25, 0.3) is 0 Å². The van der Waals surface area contributed by atoms with Crippen LogP contribution in [0.3, 0.4) is 0 Å². The van der Waals surface area contributed by atoms with Crippen molar-refractivity contribution in [2.75, 3.05) is 19.6 Å². The van der Waals surface area contributed by atoms with Gasteiger partial charge in [0.25, 0.3) is 0 Å². The molecule has 2 aliphatic rings. The zero-order valence-corrected chi connectivity index (χ0v) is 11.7. The molecule has 6 nitrogen and oxygen atoms in total. The number of carbonyl (C=O) groups excluding carboxylic acids is 1. The van der Waals surface area contributed by atoms with Gasteiger partial charge < -0.3 is 10.2 Å². The number of halogens is 1. The minimum atomic E-state index is 0. The molecule has 1 amide bonds. The molecule has 0 saturated carbocycles. The van der Waals surface area contributed by atoms with E-state index < -0.39 is 0 Å². The summed E-state index contributed by atoms with van der Waals surface area (Å²) >= 11 is 0. The average Bonchev–Trinajstić information content (AvgIpc) is 3.05. The molecule has 1 N–H and O–H groups in total. The average molecular weight is 286 g/mol. The summed E-state index contributed by atoms with van der Waals surface area (Å²) in [6.07, 6.45) is 6.26. The Balaban J connectivity index is 0.00000133. The van der Waals surface area contributed by atoms with Gasteiger partial charge in [-0.2, -0.15) is 0 Å². The van der Waals surface area contributed by atoms with Crippen LogP contribution in [0.2, 0.25) is 0 Å². The first-order valence-corrected chi connectivity index (χ1v) is 6.68. The van der Waals surface area contributed by atoms with E-state index in [-0.39, 0.29) is 18.3 Å². The Morgan fingerprint density at radius 2 is 2.32 bits per heavy atom. The minimum absolute atomic E-state index is 0. The number of rotatable bonds is 3. The molecule has 0 aromatic carbocycles. The molecule has 2 aliphatic heterocycles. The molecule has 19 heavy (non-hydrogen) atoms. The van der Waals surface area contributed by atoms with Crippen molar-refractivity contribution in [1.82, 2.24) is 25.2 Å². The van der Waals surface area contributed by atoms with Crippen LogP contribution in [-0.4, -0.2) is 51.5 Å². The summed E-state index contributed by atoms with van der Waals surface area (Å²) in [6.45, 7) is 3.55. The van der Waals surface area contributed by atoms with Crippen LogP contribution >= 0.6 is 12.4 Å². The van der Waals surface area contributed by atoms with Crippen molar-refractivity contribution in [1.29, 1.82) is 0 Å². The summed E-state index contributed by atoms with van der Waals surface area (Å²) in [5.74, 6) is 0.907. The summed E-state index contributed by atoms with van der Waals surface area (Å²) in [6, 6.07) is 0.643. The van der Waals surface area contributed by atoms with Crippen molar-refractivity contribution in [2.45, 2.75) is 31.8 Å². The van der Waals surface area contributed by atoms with Crippen molar-refractivity contribution in [3.8, 4) is 0 Å². The Bertz CT molecular complexity index is 410. The monoisotopic (exact) mass is 285 g/mol. The lowest BCUT2D eigenvalue weighted by Gasteiger charge is -2.34. The molecule has 0 bridgehead atoms. The Hall–Kier alpha value is -1.14. The molecule has 7 heteroatoms. The highest BCUT2D eigenvalue weighted by atomic mass is 35.5. The number of hydrogen-bond acceptors (Lipinski definition) is 4. The van der Waals surface area contributed by atoms with Crippen molar-refractivity contribution in [3.05, 3.63) is 12.4 Å². The smallest absolute Gasteiger partial charge is 0.224 e. The van der Waals surface area contributed by atoms with Gasteiger partial charge in [0.2, 0.25) is 5.91 Å². The molecule has 2 atom stereocenters. The van der Waals surface area contributed by atoms with Crippen molar-refractivity contribution in [2.24, 2.45) is 5.92 Å². The van der Waals surface area contributed by atoms with E-state index in [0.29, 0.717) is 24.9 Å². The largest absolute Gasteiger partial charge is 0.342 e. The summed E-state index contributed by atoms with van der Waals surface area (Å²) in [5.41, 5.74) is 0. The van der Waals surface area contributed by atoms with E-state index in [1.165, 1.54) is 6.42 Å².